The topological polar surface area (TPSA) is 38.3 Å². The van der Waals surface area contributed by atoms with E-state index in [1.807, 2.05) is 13.0 Å². The number of carbonyl (C=O) groups is 1. The van der Waals surface area contributed by atoms with Gasteiger partial charge in [-0.25, -0.2) is 0 Å². The Morgan fingerprint density at radius 3 is 2.42 bits per heavy atom. The maximum absolute atomic E-state index is 13.2. The van der Waals surface area contributed by atoms with Crippen molar-refractivity contribution in [3.63, 3.8) is 0 Å². The Labute approximate surface area is 159 Å². The third-order valence-corrected chi connectivity index (χ3v) is 5.81. The lowest BCUT2D eigenvalue weighted by molar-refractivity contribution is -0.155. The fourth-order valence-electron chi connectivity index (χ4n) is 4.28. The molecular formula is C23H37NO2. The summed E-state index contributed by atoms with van der Waals surface area (Å²) in [5.74, 6) is 0.351. The van der Waals surface area contributed by atoms with Gasteiger partial charge in [0, 0.05) is 0 Å². The quantitative estimate of drug-likeness (QED) is 0.351. The Bertz CT molecular complexity index is 508. The SMILES string of the molecule is CCCCNC(CCc1ccccc1)(C(=O)OCC)C1CCCCCC1. The Balaban J connectivity index is 2.24. The molecule has 26 heavy (non-hydrogen) atoms. The molecule has 0 heterocycles. The fraction of sp³-hybridized carbons (Fsp3) is 0.696. The molecule has 1 aromatic rings. The number of nitrogens with one attached hydrogen (secondary N) is 1. The minimum absolute atomic E-state index is 0.0288. The van der Waals surface area contributed by atoms with Crippen molar-refractivity contribution in [3.05, 3.63) is 35.9 Å². The predicted molar refractivity (Wildman–Crippen MR) is 108 cm³/mol. The van der Waals surface area contributed by atoms with E-state index in [4.69, 9.17) is 4.74 Å². The van der Waals surface area contributed by atoms with Gasteiger partial charge in [0.2, 0.25) is 0 Å². The maximum atomic E-state index is 13.2. The largest absolute Gasteiger partial charge is 0.465 e. The van der Waals surface area contributed by atoms with E-state index >= 15 is 0 Å². The maximum Gasteiger partial charge on any atom is 0.326 e. The van der Waals surface area contributed by atoms with E-state index in [-0.39, 0.29) is 5.97 Å². The lowest BCUT2D eigenvalue weighted by Gasteiger charge is -2.39. The summed E-state index contributed by atoms with van der Waals surface area (Å²) in [6.45, 7) is 5.46. The molecular weight excluding hydrogens is 322 g/mol. The third kappa shape index (κ3) is 5.84. The molecule has 1 aliphatic carbocycles. The van der Waals surface area contributed by atoms with Crippen LogP contribution in [0.1, 0.15) is 77.2 Å². The number of esters is 1. The number of unbranched alkanes of at least 4 members (excludes halogenated alkanes) is 1. The third-order valence-electron chi connectivity index (χ3n) is 5.81. The molecule has 0 aromatic heterocycles. The van der Waals surface area contributed by atoms with Crippen LogP contribution in [0.2, 0.25) is 0 Å². The lowest BCUT2D eigenvalue weighted by atomic mass is 9.75. The van der Waals surface area contributed by atoms with Crippen LogP contribution in [-0.4, -0.2) is 24.7 Å². The van der Waals surface area contributed by atoms with Gasteiger partial charge >= 0.3 is 5.97 Å². The molecule has 1 aliphatic rings. The van der Waals surface area contributed by atoms with Gasteiger partial charge in [0.25, 0.3) is 0 Å². The molecule has 2 rings (SSSR count). The van der Waals surface area contributed by atoms with Crippen molar-refractivity contribution in [2.75, 3.05) is 13.2 Å². The summed E-state index contributed by atoms with van der Waals surface area (Å²) in [6, 6.07) is 10.5. The number of hydrogen-bond donors (Lipinski definition) is 1. The van der Waals surface area contributed by atoms with Gasteiger partial charge in [-0.3, -0.25) is 4.79 Å². The van der Waals surface area contributed by atoms with Crippen molar-refractivity contribution in [3.8, 4) is 0 Å². The standard InChI is InChI=1S/C23H37NO2/c1-3-5-19-24-23(22(25)26-4-2,21-15-11-6-7-12-16-21)18-17-20-13-9-8-10-14-20/h8-10,13-14,21,24H,3-7,11-12,15-19H2,1-2H3. The van der Waals surface area contributed by atoms with Gasteiger partial charge in [-0.15, -0.1) is 0 Å². The van der Waals surface area contributed by atoms with Gasteiger partial charge in [-0.2, -0.15) is 0 Å². The summed E-state index contributed by atoms with van der Waals surface area (Å²) in [5, 5.41) is 3.71. The smallest absolute Gasteiger partial charge is 0.326 e. The van der Waals surface area contributed by atoms with Crippen molar-refractivity contribution in [2.24, 2.45) is 5.92 Å². The molecule has 0 spiro atoms. The van der Waals surface area contributed by atoms with Gasteiger partial charge < -0.3 is 10.1 Å². The number of ether oxygens (including phenoxy) is 1. The highest BCUT2D eigenvalue weighted by molar-refractivity contribution is 5.81. The van der Waals surface area contributed by atoms with Gasteiger partial charge in [-0.05, 0) is 57.1 Å². The number of benzene rings is 1. The summed E-state index contributed by atoms with van der Waals surface area (Å²) in [6.07, 6.45) is 11.3. The molecule has 3 heteroatoms. The Hall–Kier alpha value is -1.35. The molecule has 0 aliphatic heterocycles. The van der Waals surface area contributed by atoms with Gasteiger partial charge in [-0.1, -0.05) is 69.4 Å². The molecule has 3 nitrogen and oxygen atoms in total. The Morgan fingerprint density at radius 1 is 1.12 bits per heavy atom. The van der Waals surface area contributed by atoms with Crippen LogP contribution in [0.25, 0.3) is 0 Å². The minimum atomic E-state index is -0.536. The number of carbonyl (C=O) groups excluding carboxylic acids is 1. The summed E-state index contributed by atoms with van der Waals surface area (Å²) in [4.78, 5) is 13.2. The second kappa shape index (κ2) is 11.4. The first-order chi connectivity index (χ1) is 12.7. The van der Waals surface area contributed by atoms with Crippen LogP contribution in [-0.2, 0) is 16.0 Å². The number of rotatable bonds is 10. The predicted octanol–water partition coefficient (Wildman–Crippen LogP) is 5.28. The molecule has 1 aromatic carbocycles. The summed E-state index contributed by atoms with van der Waals surface area (Å²) in [7, 11) is 0. The molecule has 0 saturated heterocycles. The summed E-state index contributed by atoms with van der Waals surface area (Å²) in [5.41, 5.74) is 0.762. The highest BCUT2D eigenvalue weighted by Gasteiger charge is 2.45. The number of aryl methyl sites for hydroxylation is 1. The van der Waals surface area contributed by atoms with Gasteiger partial charge in [0.05, 0.1) is 6.61 Å². The molecule has 1 N–H and O–H groups in total. The lowest BCUT2D eigenvalue weighted by Crippen LogP contribution is -2.58. The van der Waals surface area contributed by atoms with Crippen LogP contribution in [0.15, 0.2) is 30.3 Å². The summed E-state index contributed by atoms with van der Waals surface area (Å²) < 4.78 is 5.62. The van der Waals surface area contributed by atoms with Crippen LogP contribution in [0.5, 0.6) is 0 Å². The van der Waals surface area contributed by atoms with E-state index in [9.17, 15) is 4.79 Å². The summed E-state index contributed by atoms with van der Waals surface area (Å²) >= 11 is 0. The van der Waals surface area contributed by atoms with Crippen LogP contribution in [0, 0.1) is 5.92 Å². The van der Waals surface area contributed by atoms with Crippen LogP contribution in [0.4, 0.5) is 0 Å². The van der Waals surface area contributed by atoms with Crippen LogP contribution >= 0.6 is 0 Å². The molecule has 146 valence electrons. The zero-order valence-electron chi connectivity index (χ0n) is 16.8. The Morgan fingerprint density at radius 2 is 1.81 bits per heavy atom. The molecule has 0 amide bonds. The van der Waals surface area contributed by atoms with E-state index < -0.39 is 5.54 Å². The normalized spacial score (nSPS) is 18.1. The molecule has 1 fully saturated rings. The second-order valence-electron chi connectivity index (χ2n) is 7.65. The van der Waals surface area contributed by atoms with E-state index in [0.29, 0.717) is 12.5 Å². The molecule has 1 atom stereocenters. The first kappa shape index (κ1) is 21.0. The van der Waals surface area contributed by atoms with E-state index in [2.05, 4.69) is 36.5 Å². The van der Waals surface area contributed by atoms with Crippen molar-refractivity contribution < 1.29 is 9.53 Å². The molecule has 1 saturated carbocycles. The highest BCUT2D eigenvalue weighted by atomic mass is 16.5. The average Bonchev–Trinajstić information content (AvgIpc) is 2.95. The zero-order valence-corrected chi connectivity index (χ0v) is 16.8. The van der Waals surface area contributed by atoms with Crippen molar-refractivity contribution in [1.82, 2.24) is 5.32 Å². The first-order valence-electron chi connectivity index (χ1n) is 10.7. The fourth-order valence-corrected chi connectivity index (χ4v) is 4.28. The van der Waals surface area contributed by atoms with Crippen LogP contribution < -0.4 is 5.32 Å². The van der Waals surface area contributed by atoms with E-state index in [1.54, 1.807) is 0 Å². The molecule has 1 unspecified atom stereocenters. The second-order valence-corrected chi connectivity index (χ2v) is 7.65. The van der Waals surface area contributed by atoms with Gasteiger partial charge in [0.15, 0.2) is 0 Å². The number of hydrogen-bond acceptors (Lipinski definition) is 3. The Kier molecular flexibility index (Phi) is 9.17. The first-order valence-corrected chi connectivity index (χ1v) is 10.7. The van der Waals surface area contributed by atoms with Gasteiger partial charge in [0.1, 0.15) is 5.54 Å². The van der Waals surface area contributed by atoms with E-state index in [0.717, 1.165) is 45.1 Å². The van der Waals surface area contributed by atoms with Crippen molar-refractivity contribution in [1.29, 1.82) is 0 Å². The highest BCUT2D eigenvalue weighted by Crippen LogP contribution is 2.36. The van der Waals surface area contributed by atoms with E-state index in [1.165, 1.54) is 31.2 Å². The zero-order chi connectivity index (χ0) is 18.7. The van der Waals surface area contributed by atoms with Crippen molar-refractivity contribution in [2.45, 2.75) is 83.6 Å². The monoisotopic (exact) mass is 359 g/mol. The van der Waals surface area contributed by atoms with Crippen molar-refractivity contribution >= 4 is 5.97 Å². The van der Waals surface area contributed by atoms with Crippen LogP contribution in [0.3, 0.4) is 0 Å². The average molecular weight is 360 g/mol. The minimum Gasteiger partial charge on any atom is -0.465 e. The molecule has 0 radical (unpaired) electrons. The molecule has 0 bridgehead atoms.